The second-order valence-electron chi connectivity index (χ2n) is 6.04. The first kappa shape index (κ1) is 17.6. The molecule has 0 fully saturated rings. The topological polar surface area (TPSA) is 54.0 Å². The first-order valence-electron chi connectivity index (χ1n) is 8.07. The van der Waals surface area contributed by atoms with Gasteiger partial charge in [-0.3, -0.25) is 4.79 Å². The molecule has 0 aliphatic heterocycles. The van der Waals surface area contributed by atoms with Crippen molar-refractivity contribution in [1.29, 1.82) is 0 Å². The lowest BCUT2D eigenvalue weighted by atomic mass is 10.1. The Morgan fingerprint density at radius 3 is 2.83 bits per heavy atom. The van der Waals surface area contributed by atoms with Gasteiger partial charge in [-0.15, -0.1) is 11.3 Å². The minimum absolute atomic E-state index is 0.0631. The van der Waals surface area contributed by atoms with E-state index in [-0.39, 0.29) is 5.91 Å². The first-order chi connectivity index (χ1) is 11.0. The number of rotatable bonds is 7. The zero-order valence-corrected chi connectivity index (χ0v) is 15.1. The largest absolute Gasteiger partial charge is 0.321 e. The van der Waals surface area contributed by atoms with Gasteiger partial charge in [0.05, 0.1) is 10.7 Å². The van der Waals surface area contributed by atoms with E-state index in [1.54, 1.807) is 0 Å². The smallest absolute Gasteiger partial charge is 0.267 e. The van der Waals surface area contributed by atoms with Gasteiger partial charge in [-0.1, -0.05) is 32.9 Å². The highest BCUT2D eigenvalue weighted by Crippen LogP contribution is 2.22. The van der Waals surface area contributed by atoms with Crippen LogP contribution >= 0.6 is 11.3 Å². The van der Waals surface area contributed by atoms with Gasteiger partial charge in [0.25, 0.3) is 5.91 Å². The van der Waals surface area contributed by atoms with Crippen LogP contribution in [0.3, 0.4) is 0 Å². The van der Waals surface area contributed by atoms with Crippen molar-refractivity contribution in [2.24, 2.45) is 5.92 Å². The quantitative estimate of drug-likeness (QED) is 0.806. The van der Waals surface area contributed by atoms with Gasteiger partial charge in [0.1, 0.15) is 4.88 Å². The second-order valence-corrected chi connectivity index (χ2v) is 7.24. The molecule has 0 radical (unpaired) electrons. The van der Waals surface area contributed by atoms with E-state index >= 15 is 0 Å². The van der Waals surface area contributed by atoms with Gasteiger partial charge in [-0.05, 0) is 43.5 Å². The first-order valence-corrected chi connectivity index (χ1v) is 8.88. The van der Waals surface area contributed by atoms with Gasteiger partial charge in [0.15, 0.2) is 0 Å². The van der Waals surface area contributed by atoms with Crippen molar-refractivity contribution in [3.63, 3.8) is 0 Å². The molecule has 1 aromatic heterocycles. The Morgan fingerprint density at radius 1 is 1.35 bits per heavy atom. The van der Waals surface area contributed by atoms with Crippen molar-refractivity contribution in [1.82, 2.24) is 10.3 Å². The number of nitrogens with one attached hydrogen (secondary N) is 2. The molecule has 5 heteroatoms. The van der Waals surface area contributed by atoms with Crippen LogP contribution in [0.2, 0.25) is 0 Å². The lowest BCUT2D eigenvalue weighted by Crippen LogP contribution is -2.14. The van der Waals surface area contributed by atoms with Gasteiger partial charge in [0, 0.05) is 12.2 Å². The second kappa shape index (κ2) is 8.22. The molecule has 0 unspecified atom stereocenters. The molecule has 0 atom stereocenters. The number of aryl methyl sites for hydroxylation is 1. The highest BCUT2D eigenvalue weighted by molar-refractivity contribution is 7.13. The van der Waals surface area contributed by atoms with E-state index in [0.29, 0.717) is 5.92 Å². The summed E-state index contributed by atoms with van der Waals surface area (Å²) in [7, 11) is 0. The summed E-state index contributed by atoms with van der Waals surface area (Å²) in [5.41, 5.74) is 2.89. The highest BCUT2D eigenvalue weighted by atomic mass is 32.1. The number of carbonyl (C=O) groups is 1. The van der Waals surface area contributed by atoms with Crippen LogP contribution in [0.25, 0.3) is 0 Å². The fraction of sp³-hybridized carbons (Fsp3) is 0.444. The van der Waals surface area contributed by atoms with Crippen molar-refractivity contribution < 1.29 is 4.79 Å². The molecule has 0 saturated heterocycles. The van der Waals surface area contributed by atoms with Crippen LogP contribution in [0.4, 0.5) is 5.69 Å². The number of hydrogen-bond acceptors (Lipinski definition) is 4. The number of carbonyl (C=O) groups excluding carboxylic acids is 1. The third-order valence-corrected chi connectivity index (χ3v) is 4.39. The predicted octanol–water partition coefficient (Wildman–Crippen LogP) is 4.01. The van der Waals surface area contributed by atoms with Crippen LogP contribution in [-0.2, 0) is 13.0 Å². The Hall–Kier alpha value is -1.72. The molecule has 4 nitrogen and oxygen atoms in total. The van der Waals surface area contributed by atoms with E-state index in [4.69, 9.17) is 0 Å². The van der Waals surface area contributed by atoms with Gasteiger partial charge in [0.2, 0.25) is 0 Å². The number of amides is 1. The van der Waals surface area contributed by atoms with Crippen LogP contribution < -0.4 is 10.6 Å². The molecule has 0 aliphatic carbocycles. The summed E-state index contributed by atoms with van der Waals surface area (Å²) < 4.78 is 0. The average molecular weight is 331 g/mol. The van der Waals surface area contributed by atoms with Crippen LogP contribution in [-0.4, -0.2) is 17.4 Å². The molecular weight excluding hydrogens is 306 g/mol. The third-order valence-electron chi connectivity index (χ3n) is 3.38. The van der Waals surface area contributed by atoms with Gasteiger partial charge in [-0.25, -0.2) is 4.98 Å². The minimum Gasteiger partial charge on any atom is -0.321 e. The van der Waals surface area contributed by atoms with Gasteiger partial charge >= 0.3 is 0 Å². The highest BCUT2D eigenvalue weighted by Gasteiger charge is 2.17. The summed E-state index contributed by atoms with van der Waals surface area (Å²) in [5, 5.41) is 7.23. The van der Waals surface area contributed by atoms with E-state index in [1.807, 2.05) is 25.1 Å². The number of aromatic nitrogens is 1. The van der Waals surface area contributed by atoms with E-state index in [9.17, 15) is 4.79 Å². The normalized spacial score (nSPS) is 11.0. The van der Waals surface area contributed by atoms with Crippen LogP contribution in [0.1, 0.15) is 46.7 Å². The molecule has 2 rings (SSSR count). The Morgan fingerprint density at radius 2 is 2.13 bits per heavy atom. The zero-order valence-electron chi connectivity index (χ0n) is 14.3. The molecule has 0 aliphatic rings. The number of hydrogen-bond donors (Lipinski definition) is 2. The molecule has 1 amide bonds. The zero-order chi connectivity index (χ0) is 16.8. The van der Waals surface area contributed by atoms with E-state index in [2.05, 4.69) is 42.5 Å². The van der Waals surface area contributed by atoms with Crippen LogP contribution in [0.5, 0.6) is 0 Å². The molecule has 124 valence electrons. The summed E-state index contributed by atoms with van der Waals surface area (Å²) in [4.78, 5) is 17.8. The lowest BCUT2D eigenvalue weighted by Gasteiger charge is -2.08. The SMILES string of the molecule is CCNCc1cccc(NC(=O)c2sc(C)nc2CC(C)C)c1. The van der Waals surface area contributed by atoms with Gasteiger partial charge in [-0.2, -0.15) is 0 Å². The van der Waals surface area contributed by atoms with Crippen molar-refractivity contribution in [2.75, 3.05) is 11.9 Å². The van der Waals surface area contributed by atoms with Crippen molar-refractivity contribution in [3.05, 3.63) is 45.4 Å². The molecular formula is C18H25N3OS. The summed E-state index contributed by atoms with van der Waals surface area (Å²) in [6.07, 6.45) is 0.827. The maximum atomic E-state index is 12.6. The number of thiazole rings is 1. The maximum Gasteiger partial charge on any atom is 0.267 e. The third kappa shape index (κ3) is 5.15. The standard InChI is InChI=1S/C18H25N3OS/c1-5-19-11-14-7-6-8-15(10-14)21-18(22)17-16(9-12(2)3)20-13(4)23-17/h6-8,10,12,19H,5,9,11H2,1-4H3,(H,21,22). The maximum absolute atomic E-state index is 12.6. The monoisotopic (exact) mass is 331 g/mol. The molecule has 0 bridgehead atoms. The van der Waals surface area contributed by atoms with Crippen molar-refractivity contribution in [3.8, 4) is 0 Å². The minimum atomic E-state index is -0.0631. The molecule has 2 N–H and O–H groups in total. The summed E-state index contributed by atoms with van der Waals surface area (Å²) in [6.45, 7) is 10.0. The number of anilines is 1. The van der Waals surface area contributed by atoms with E-state index in [1.165, 1.54) is 11.3 Å². The summed E-state index contributed by atoms with van der Waals surface area (Å²) in [6, 6.07) is 7.95. The number of benzene rings is 1. The molecule has 1 aromatic carbocycles. The molecule has 2 aromatic rings. The fourth-order valence-electron chi connectivity index (χ4n) is 2.39. The van der Waals surface area contributed by atoms with Crippen molar-refractivity contribution >= 4 is 22.9 Å². The fourth-order valence-corrected chi connectivity index (χ4v) is 3.23. The molecule has 23 heavy (non-hydrogen) atoms. The van der Waals surface area contributed by atoms with E-state index in [0.717, 1.165) is 46.3 Å². The molecule has 0 saturated carbocycles. The Bertz CT molecular complexity index is 664. The predicted molar refractivity (Wildman–Crippen MR) is 97.2 cm³/mol. The Balaban J connectivity index is 2.13. The van der Waals surface area contributed by atoms with Crippen LogP contribution in [0.15, 0.2) is 24.3 Å². The summed E-state index contributed by atoms with van der Waals surface area (Å²) >= 11 is 1.47. The van der Waals surface area contributed by atoms with Gasteiger partial charge < -0.3 is 10.6 Å². The summed E-state index contributed by atoms with van der Waals surface area (Å²) in [5.74, 6) is 0.415. The van der Waals surface area contributed by atoms with Crippen LogP contribution in [0, 0.1) is 12.8 Å². The van der Waals surface area contributed by atoms with Crippen molar-refractivity contribution in [2.45, 2.75) is 40.7 Å². The molecule has 1 heterocycles. The average Bonchev–Trinajstić information content (AvgIpc) is 2.85. The Labute approximate surface area is 142 Å². The van der Waals surface area contributed by atoms with E-state index < -0.39 is 0 Å². The number of nitrogens with zero attached hydrogens (tertiary/aromatic N) is 1. The Kier molecular flexibility index (Phi) is 6.30. The lowest BCUT2D eigenvalue weighted by molar-refractivity contribution is 0.102. The molecule has 0 spiro atoms.